The number of aliphatic imine (C=N–C) groups is 1. The summed E-state index contributed by atoms with van der Waals surface area (Å²) < 4.78 is 5.16. The van der Waals surface area contributed by atoms with Gasteiger partial charge in [0.25, 0.3) is 11.8 Å². The van der Waals surface area contributed by atoms with Gasteiger partial charge in [-0.15, -0.1) is 0 Å². The molecule has 2 aromatic carbocycles. The van der Waals surface area contributed by atoms with Crippen molar-refractivity contribution in [3.05, 3.63) is 70.6 Å². The number of thioether (sulfide) groups is 1. The van der Waals surface area contributed by atoms with Crippen molar-refractivity contribution in [2.45, 2.75) is 13.5 Å². The predicted octanol–water partition coefficient (Wildman–Crippen LogP) is 3.54. The minimum Gasteiger partial charge on any atom is -0.383 e. The van der Waals surface area contributed by atoms with Gasteiger partial charge in [-0.2, -0.15) is 4.99 Å². The van der Waals surface area contributed by atoms with Crippen LogP contribution in [0.15, 0.2) is 64.5 Å². The van der Waals surface area contributed by atoms with E-state index in [9.17, 15) is 9.59 Å². The number of rotatable bonds is 6. The molecule has 2 heterocycles. The molecular weight excluding hydrogens is 398 g/mol. The number of para-hydroxylation sites is 1. The van der Waals surface area contributed by atoms with Gasteiger partial charge in [0.05, 0.1) is 29.3 Å². The lowest BCUT2D eigenvalue weighted by atomic mass is 10.1. The lowest BCUT2D eigenvalue weighted by molar-refractivity contribution is -0.115. The molecule has 2 aliphatic rings. The number of carbonyl (C=O) groups is 2. The fraction of sp³-hybridized carbons (Fsp3) is 0.261. The highest BCUT2D eigenvalue weighted by molar-refractivity contribution is 8.18. The van der Waals surface area contributed by atoms with E-state index in [1.807, 2.05) is 66.4 Å². The number of nitrogens with zero attached hydrogens (tertiary/aromatic N) is 3. The van der Waals surface area contributed by atoms with Crippen molar-refractivity contribution in [2.24, 2.45) is 4.99 Å². The number of likely N-dealkylation sites (N-methyl/N-ethyl adjacent to an activating group) is 1. The molecule has 6 nitrogen and oxygen atoms in total. The molecule has 0 aromatic heterocycles. The van der Waals surface area contributed by atoms with Crippen LogP contribution in [0.3, 0.4) is 0 Å². The quantitative estimate of drug-likeness (QED) is 0.668. The van der Waals surface area contributed by atoms with Crippen LogP contribution in [0, 0.1) is 0 Å². The average Bonchev–Trinajstić information content (AvgIpc) is 3.27. The number of carbonyl (C=O) groups excluding carboxylic acids is 2. The van der Waals surface area contributed by atoms with Gasteiger partial charge < -0.3 is 14.5 Å². The highest BCUT2D eigenvalue weighted by atomic mass is 32.2. The average molecular weight is 422 g/mol. The minimum atomic E-state index is -0.356. The normalized spacial score (nSPS) is 18.1. The second-order valence-electron chi connectivity index (χ2n) is 6.97. The molecule has 7 heteroatoms. The van der Waals surface area contributed by atoms with E-state index in [1.165, 1.54) is 11.8 Å². The summed E-state index contributed by atoms with van der Waals surface area (Å²) >= 11 is 1.28. The highest BCUT2D eigenvalue weighted by Gasteiger charge is 2.39. The molecule has 2 aliphatic heterocycles. The summed E-state index contributed by atoms with van der Waals surface area (Å²) in [5, 5.41) is 0.619. The van der Waals surface area contributed by atoms with Crippen molar-refractivity contribution in [3.8, 4) is 0 Å². The van der Waals surface area contributed by atoms with Gasteiger partial charge in [-0.25, -0.2) is 0 Å². The van der Waals surface area contributed by atoms with Crippen molar-refractivity contribution in [1.82, 2.24) is 4.90 Å². The zero-order chi connectivity index (χ0) is 21.1. The number of amidine groups is 1. The van der Waals surface area contributed by atoms with E-state index in [4.69, 9.17) is 4.74 Å². The van der Waals surface area contributed by atoms with E-state index < -0.39 is 0 Å². The topological polar surface area (TPSA) is 62.2 Å². The molecule has 0 N–H and O–H groups in total. The van der Waals surface area contributed by atoms with Crippen LogP contribution in [0.4, 0.5) is 5.69 Å². The van der Waals surface area contributed by atoms with Crippen LogP contribution in [-0.4, -0.2) is 48.7 Å². The Hall–Kier alpha value is -2.90. The van der Waals surface area contributed by atoms with Crippen LogP contribution in [0.1, 0.15) is 18.1 Å². The van der Waals surface area contributed by atoms with Crippen molar-refractivity contribution in [3.63, 3.8) is 0 Å². The molecule has 0 bridgehead atoms. The lowest BCUT2D eigenvalue weighted by Gasteiger charge is -2.20. The Morgan fingerprint density at radius 1 is 1.07 bits per heavy atom. The van der Waals surface area contributed by atoms with Crippen LogP contribution >= 0.6 is 11.8 Å². The Bertz CT molecular complexity index is 1030. The third-order valence-electron chi connectivity index (χ3n) is 5.14. The van der Waals surface area contributed by atoms with E-state index in [0.717, 1.165) is 16.8 Å². The Morgan fingerprint density at radius 3 is 2.53 bits per heavy atom. The third-order valence-corrected chi connectivity index (χ3v) is 6.25. The third kappa shape index (κ3) is 3.78. The van der Waals surface area contributed by atoms with Gasteiger partial charge in [-0.3, -0.25) is 9.59 Å². The summed E-state index contributed by atoms with van der Waals surface area (Å²) in [7, 11) is 1.64. The van der Waals surface area contributed by atoms with Crippen molar-refractivity contribution >= 4 is 40.0 Å². The molecule has 0 fully saturated rings. The van der Waals surface area contributed by atoms with Gasteiger partial charge in [-0.05, 0) is 30.3 Å². The number of anilines is 1. The monoisotopic (exact) mass is 421 g/mol. The summed E-state index contributed by atoms with van der Waals surface area (Å²) in [5.41, 5.74) is 3.08. The molecule has 0 unspecified atom stereocenters. The van der Waals surface area contributed by atoms with E-state index in [1.54, 1.807) is 12.0 Å². The molecule has 2 aromatic rings. The Kier molecular flexibility index (Phi) is 6.01. The summed E-state index contributed by atoms with van der Waals surface area (Å²) in [5.74, 6) is -0.516. The van der Waals surface area contributed by atoms with E-state index >= 15 is 0 Å². The summed E-state index contributed by atoms with van der Waals surface area (Å²) in [6.45, 7) is 4.34. The predicted molar refractivity (Wildman–Crippen MR) is 120 cm³/mol. The van der Waals surface area contributed by atoms with Crippen LogP contribution in [0.25, 0.3) is 5.57 Å². The Labute approximate surface area is 180 Å². The van der Waals surface area contributed by atoms with Crippen molar-refractivity contribution in [2.75, 3.05) is 31.7 Å². The number of fused-ring (bicyclic) bond motifs is 1. The maximum Gasteiger partial charge on any atom is 0.287 e. The smallest absolute Gasteiger partial charge is 0.287 e. The zero-order valence-corrected chi connectivity index (χ0v) is 17.8. The summed E-state index contributed by atoms with van der Waals surface area (Å²) in [4.78, 5) is 34.6. The zero-order valence-electron chi connectivity index (χ0n) is 17.0. The highest BCUT2D eigenvalue weighted by Crippen LogP contribution is 2.44. The second-order valence-corrected chi connectivity index (χ2v) is 7.95. The molecule has 0 radical (unpaired) electrons. The molecular formula is C23H23N3O3S. The summed E-state index contributed by atoms with van der Waals surface area (Å²) in [6.07, 6.45) is 0. The number of ether oxygens (including phenoxy) is 1. The maximum absolute atomic E-state index is 13.4. The standard InChI is InChI=1S/C23H23N3O3S/c1-3-25(13-14-29-2)23-24-21(27)20(30-23)19-17-11-7-8-12-18(17)26(22(19)28)15-16-9-5-4-6-10-16/h4-12H,3,13-15H2,1-2H3. The van der Waals surface area contributed by atoms with Gasteiger partial charge in [0.2, 0.25) is 0 Å². The molecule has 0 saturated heterocycles. The number of amides is 2. The maximum atomic E-state index is 13.4. The lowest BCUT2D eigenvalue weighted by Crippen LogP contribution is -2.31. The molecule has 0 saturated carbocycles. The minimum absolute atomic E-state index is 0.160. The van der Waals surface area contributed by atoms with Crippen LogP contribution < -0.4 is 4.90 Å². The first kappa shape index (κ1) is 20.4. The molecule has 0 spiro atoms. The summed E-state index contributed by atoms with van der Waals surface area (Å²) in [6, 6.07) is 17.5. The van der Waals surface area contributed by atoms with Crippen LogP contribution in [0.2, 0.25) is 0 Å². The molecule has 154 valence electrons. The van der Waals surface area contributed by atoms with E-state index in [0.29, 0.717) is 41.9 Å². The second kappa shape index (κ2) is 8.85. The number of benzene rings is 2. The van der Waals surface area contributed by atoms with E-state index in [2.05, 4.69) is 4.99 Å². The number of hydrogen-bond acceptors (Lipinski definition) is 5. The first-order valence-corrected chi connectivity index (χ1v) is 10.7. The molecule has 4 rings (SSSR count). The van der Waals surface area contributed by atoms with Gasteiger partial charge in [0, 0.05) is 25.8 Å². The Balaban J connectivity index is 1.68. The van der Waals surface area contributed by atoms with Gasteiger partial charge in [0.1, 0.15) is 0 Å². The van der Waals surface area contributed by atoms with Gasteiger partial charge in [-0.1, -0.05) is 48.5 Å². The van der Waals surface area contributed by atoms with Crippen LogP contribution in [0.5, 0.6) is 0 Å². The largest absolute Gasteiger partial charge is 0.383 e. The molecule has 0 atom stereocenters. The van der Waals surface area contributed by atoms with Crippen LogP contribution in [-0.2, 0) is 20.9 Å². The Morgan fingerprint density at radius 2 is 1.80 bits per heavy atom. The first-order chi connectivity index (χ1) is 14.6. The van der Waals surface area contributed by atoms with Gasteiger partial charge >= 0.3 is 0 Å². The fourth-order valence-electron chi connectivity index (χ4n) is 3.60. The van der Waals surface area contributed by atoms with Gasteiger partial charge in [0.15, 0.2) is 5.17 Å². The van der Waals surface area contributed by atoms with Crippen molar-refractivity contribution < 1.29 is 14.3 Å². The van der Waals surface area contributed by atoms with E-state index in [-0.39, 0.29) is 11.8 Å². The van der Waals surface area contributed by atoms with Crippen molar-refractivity contribution in [1.29, 1.82) is 0 Å². The molecule has 0 aliphatic carbocycles. The number of hydrogen-bond donors (Lipinski definition) is 0. The SMILES string of the molecule is CCN(CCOC)C1=NC(=O)C(=C2C(=O)N(Cc3ccccc3)c3ccccc32)S1. The first-order valence-electron chi connectivity index (χ1n) is 9.88. The fourth-order valence-corrected chi connectivity index (χ4v) is 4.69. The number of methoxy groups -OCH3 is 1. The molecule has 30 heavy (non-hydrogen) atoms. The molecule has 2 amide bonds.